The third-order valence-corrected chi connectivity index (χ3v) is 5.96. The van der Waals surface area contributed by atoms with E-state index >= 15 is 0 Å². The number of fused-ring (bicyclic) bond motifs is 1. The Morgan fingerprint density at radius 2 is 2.03 bits per heavy atom. The molecule has 1 aliphatic rings. The third-order valence-electron chi connectivity index (χ3n) is 4.59. The number of thiocarbonyl (C=S) groups is 1. The number of hydrogen-bond acceptors (Lipinski definition) is 8. The van der Waals surface area contributed by atoms with Crippen LogP contribution in [0.1, 0.15) is 10.4 Å². The summed E-state index contributed by atoms with van der Waals surface area (Å²) in [5.74, 6) is -0.549. The first-order chi connectivity index (χ1) is 14.9. The van der Waals surface area contributed by atoms with Crippen LogP contribution in [0.15, 0.2) is 36.4 Å². The summed E-state index contributed by atoms with van der Waals surface area (Å²) in [6.45, 7) is 2.18. The summed E-state index contributed by atoms with van der Waals surface area (Å²) in [4.78, 5) is 30.0. The Morgan fingerprint density at radius 1 is 1.26 bits per heavy atom. The minimum absolute atomic E-state index is 0.0367. The number of nitrogens with one attached hydrogen (secondary N) is 2. The highest BCUT2D eigenvalue weighted by atomic mass is 35.5. The number of morpholine rings is 1. The molecule has 1 aromatic heterocycles. The van der Waals surface area contributed by atoms with Gasteiger partial charge in [-0.3, -0.25) is 20.2 Å². The zero-order chi connectivity index (χ0) is 22.0. The number of thiazole rings is 1. The Labute approximate surface area is 191 Å². The van der Waals surface area contributed by atoms with E-state index in [2.05, 4.69) is 15.6 Å². The number of non-ortho nitro benzene ring substituents is 1. The van der Waals surface area contributed by atoms with Crippen LogP contribution in [0.25, 0.3) is 10.2 Å². The maximum atomic E-state index is 12.9. The van der Waals surface area contributed by atoms with Crippen LogP contribution in [-0.4, -0.2) is 47.2 Å². The van der Waals surface area contributed by atoms with Gasteiger partial charge in [0.1, 0.15) is 0 Å². The normalized spacial score (nSPS) is 13.8. The van der Waals surface area contributed by atoms with Gasteiger partial charge in [-0.1, -0.05) is 22.9 Å². The average Bonchev–Trinajstić information content (AvgIpc) is 3.14. The van der Waals surface area contributed by atoms with Crippen molar-refractivity contribution in [1.82, 2.24) is 10.3 Å². The first kappa shape index (κ1) is 21.4. The molecule has 1 saturated heterocycles. The van der Waals surface area contributed by atoms with Crippen LogP contribution in [0, 0.1) is 10.1 Å². The van der Waals surface area contributed by atoms with Crippen molar-refractivity contribution in [2.45, 2.75) is 0 Å². The van der Waals surface area contributed by atoms with Crippen LogP contribution in [0.4, 0.5) is 16.5 Å². The molecule has 0 bridgehead atoms. The van der Waals surface area contributed by atoms with E-state index in [4.69, 9.17) is 28.6 Å². The summed E-state index contributed by atoms with van der Waals surface area (Å²) in [7, 11) is 0. The van der Waals surface area contributed by atoms with E-state index in [1.54, 1.807) is 24.3 Å². The van der Waals surface area contributed by atoms with E-state index in [-0.39, 0.29) is 16.4 Å². The highest BCUT2D eigenvalue weighted by Gasteiger charge is 2.23. The van der Waals surface area contributed by atoms with Crippen LogP contribution < -0.4 is 15.5 Å². The number of aromatic nitrogens is 1. The fourth-order valence-electron chi connectivity index (χ4n) is 3.15. The van der Waals surface area contributed by atoms with E-state index in [1.165, 1.54) is 23.5 Å². The van der Waals surface area contributed by atoms with Gasteiger partial charge in [-0.05, 0) is 36.5 Å². The van der Waals surface area contributed by atoms with E-state index in [9.17, 15) is 14.9 Å². The molecule has 1 fully saturated rings. The number of ether oxygens (including phenoxy) is 1. The summed E-state index contributed by atoms with van der Waals surface area (Å²) in [5.41, 5.74) is 1.32. The van der Waals surface area contributed by atoms with Crippen molar-refractivity contribution in [3.63, 3.8) is 0 Å². The van der Waals surface area contributed by atoms with Crippen LogP contribution in [0.2, 0.25) is 5.02 Å². The molecule has 12 heteroatoms. The minimum atomic E-state index is -0.549. The molecular formula is C19H16ClN5O4S2. The fraction of sp³-hybridized carbons (Fsp3) is 0.211. The molecule has 2 aromatic carbocycles. The second-order valence-electron chi connectivity index (χ2n) is 6.60. The van der Waals surface area contributed by atoms with Crippen LogP contribution in [0.3, 0.4) is 0 Å². The van der Waals surface area contributed by atoms with Gasteiger partial charge in [0.25, 0.3) is 11.6 Å². The van der Waals surface area contributed by atoms with Crippen LogP contribution >= 0.6 is 35.2 Å². The molecule has 1 aliphatic heterocycles. The second-order valence-corrected chi connectivity index (χ2v) is 8.47. The molecule has 1 amide bonds. The Balaban J connectivity index is 1.53. The number of nitro benzene ring substituents is 1. The molecule has 31 heavy (non-hydrogen) atoms. The lowest BCUT2D eigenvalue weighted by atomic mass is 10.1. The molecule has 3 aromatic rings. The monoisotopic (exact) mass is 477 g/mol. The van der Waals surface area contributed by atoms with Gasteiger partial charge in [0.2, 0.25) is 0 Å². The van der Waals surface area contributed by atoms with Crippen LogP contribution in [-0.2, 0) is 4.74 Å². The van der Waals surface area contributed by atoms with Crippen molar-refractivity contribution >= 4 is 72.9 Å². The summed E-state index contributed by atoms with van der Waals surface area (Å²) in [5, 5.41) is 17.8. The Hall–Kier alpha value is -2.86. The summed E-state index contributed by atoms with van der Waals surface area (Å²) >= 11 is 12.6. The number of nitrogens with zero attached hydrogens (tertiary/aromatic N) is 3. The maximum absolute atomic E-state index is 12.9. The number of anilines is 2. The van der Waals surface area contributed by atoms with Gasteiger partial charge in [-0.25, -0.2) is 4.98 Å². The molecule has 0 aliphatic carbocycles. The molecule has 0 spiro atoms. The number of halogens is 1. The van der Waals surface area contributed by atoms with Gasteiger partial charge in [0, 0.05) is 30.2 Å². The number of benzene rings is 2. The molecule has 4 rings (SSSR count). The highest BCUT2D eigenvalue weighted by Crippen LogP contribution is 2.29. The number of nitro groups is 1. The quantitative estimate of drug-likeness (QED) is 0.331. The molecule has 0 unspecified atom stereocenters. The molecule has 2 N–H and O–H groups in total. The molecule has 2 heterocycles. The highest BCUT2D eigenvalue weighted by molar-refractivity contribution is 7.80. The van der Waals surface area contributed by atoms with Crippen molar-refractivity contribution in [3.8, 4) is 0 Å². The zero-order valence-electron chi connectivity index (χ0n) is 16.0. The Bertz CT molecular complexity index is 1180. The van der Waals surface area contributed by atoms with Gasteiger partial charge in [0.15, 0.2) is 10.2 Å². The average molecular weight is 478 g/mol. The van der Waals surface area contributed by atoms with Gasteiger partial charge < -0.3 is 15.0 Å². The Kier molecular flexibility index (Phi) is 6.28. The first-order valence-electron chi connectivity index (χ1n) is 9.20. The SMILES string of the molecule is O=C(NC(=S)Nc1nc2ccc(Cl)cc2s1)c1cc([N+](=O)[O-])ccc1N1CCOCC1. The zero-order valence-corrected chi connectivity index (χ0v) is 18.4. The maximum Gasteiger partial charge on any atom is 0.270 e. The largest absolute Gasteiger partial charge is 0.378 e. The van der Waals surface area contributed by atoms with Crippen molar-refractivity contribution < 1.29 is 14.5 Å². The summed E-state index contributed by atoms with van der Waals surface area (Å²) in [6, 6.07) is 9.53. The molecule has 0 atom stereocenters. The predicted octanol–water partition coefficient (Wildman–Crippen LogP) is 3.82. The third kappa shape index (κ3) is 4.90. The first-order valence-corrected chi connectivity index (χ1v) is 10.8. The van der Waals surface area contributed by atoms with E-state index in [1.807, 2.05) is 4.90 Å². The second kappa shape index (κ2) is 9.10. The molecular weight excluding hydrogens is 462 g/mol. The Morgan fingerprint density at radius 3 is 2.77 bits per heavy atom. The lowest BCUT2D eigenvalue weighted by Crippen LogP contribution is -2.39. The predicted molar refractivity (Wildman–Crippen MR) is 124 cm³/mol. The van der Waals surface area contributed by atoms with E-state index in [0.717, 1.165) is 10.2 Å². The van der Waals surface area contributed by atoms with Crippen molar-refractivity contribution in [3.05, 3.63) is 57.1 Å². The summed E-state index contributed by atoms with van der Waals surface area (Å²) < 4.78 is 6.22. The number of carbonyl (C=O) groups excluding carboxylic acids is 1. The fourth-order valence-corrected chi connectivity index (χ4v) is 4.55. The lowest BCUT2D eigenvalue weighted by Gasteiger charge is -2.30. The van der Waals surface area contributed by atoms with Crippen LogP contribution in [0.5, 0.6) is 0 Å². The van der Waals surface area contributed by atoms with E-state index in [0.29, 0.717) is 42.1 Å². The molecule has 0 radical (unpaired) electrons. The van der Waals surface area contributed by atoms with Crippen molar-refractivity contribution in [2.24, 2.45) is 0 Å². The smallest absolute Gasteiger partial charge is 0.270 e. The molecule has 9 nitrogen and oxygen atoms in total. The number of rotatable bonds is 4. The topological polar surface area (TPSA) is 110 Å². The molecule has 0 saturated carbocycles. The van der Waals surface area contributed by atoms with Gasteiger partial charge in [-0.15, -0.1) is 0 Å². The number of carbonyl (C=O) groups is 1. The van der Waals surface area contributed by atoms with Crippen molar-refractivity contribution in [2.75, 3.05) is 36.5 Å². The minimum Gasteiger partial charge on any atom is -0.378 e. The van der Waals surface area contributed by atoms with Gasteiger partial charge >= 0.3 is 0 Å². The number of amides is 1. The van der Waals surface area contributed by atoms with Crippen molar-refractivity contribution in [1.29, 1.82) is 0 Å². The lowest BCUT2D eigenvalue weighted by molar-refractivity contribution is -0.384. The standard InChI is InChI=1S/C19H16ClN5O4S2/c20-11-1-3-14-16(9-11)31-19(21-14)23-18(30)22-17(26)13-10-12(25(27)28)2-4-15(13)24-5-7-29-8-6-24/h1-4,9-10H,5-8H2,(H2,21,22,23,26,30). The van der Waals surface area contributed by atoms with Gasteiger partial charge in [0.05, 0.1) is 39.6 Å². The van der Waals surface area contributed by atoms with E-state index < -0.39 is 10.8 Å². The summed E-state index contributed by atoms with van der Waals surface area (Å²) in [6.07, 6.45) is 0. The number of hydrogen-bond donors (Lipinski definition) is 2. The van der Waals surface area contributed by atoms with Gasteiger partial charge in [-0.2, -0.15) is 0 Å². The molecule has 160 valence electrons.